The van der Waals surface area contributed by atoms with Gasteiger partial charge in [-0.1, -0.05) is 31.4 Å². The summed E-state index contributed by atoms with van der Waals surface area (Å²) in [6.45, 7) is 6.44. The Morgan fingerprint density at radius 3 is 2.76 bits per heavy atom. The Kier molecular flexibility index (Phi) is 6.99. The van der Waals surface area contributed by atoms with Crippen molar-refractivity contribution >= 4 is 11.9 Å². The largest absolute Gasteiger partial charge is 0.490 e. The van der Waals surface area contributed by atoms with Gasteiger partial charge in [-0.3, -0.25) is 9.59 Å². The van der Waals surface area contributed by atoms with E-state index in [1.54, 1.807) is 0 Å². The quantitative estimate of drug-likeness (QED) is 0.273. The van der Waals surface area contributed by atoms with E-state index in [1.807, 2.05) is 6.07 Å². The second kappa shape index (κ2) is 9.47. The van der Waals surface area contributed by atoms with Crippen LogP contribution in [0.3, 0.4) is 0 Å². The molecule has 0 radical (unpaired) electrons. The topological polar surface area (TPSA) is 72.8 Å². The first-order valence-corrected chi connectivity index (χ1v) is 10.8. The molecule has 0 saturated carbocycles. The van der Waals surface area contributed by atoms with Crippen LogP contribution in [-0.2, 0) is 16.0 Å². The van der Waals surface area contributed by atoms with Crippen molar-refractivity contribution in [2.24, 2.45) is 5.92 Å². The molecule has 2 aliphatic rings. The molecule has 0 amide bonds. The highest BCUT2D eigenvalue weighted by molar-refractivity contribution is 5.78. The Morgan fingerprint density at radius 1 is 1.24 bits per heavy atom. The highest BCUT2D eigenvalue weighted by Crippen LogP contribution is 2.50. The van der Waals surface area contributed by atoms with Crippen molar-refractivity contribution in [1.29, 1.82) is 0 Å². The van der Waals surface area contributed by atoms with E-state index in [-0.39, 0.29) is 24.9 Å². The predicted octanol–water partition coefficient (Wildman–Crippen LogP) is 5.41. The van der Waals surface area contributed by atoms with Crippen LogP contribution in [0.5, 0.6) is 11.5 Å². The number of carboxylic acids is 1. The average molecular weight is 401 g/mol. The van der Waals surface area contributed by atoms with Crippen molar-refractivity contribution in [3.05, 3.63) is 34.9 Å². The summed E-state index contributed by atoms with van der Waals surface area (Å²) in [5.74, 6) is 0.354. The first-order valence-electron chi connectivity index (χ1n) is 10.8. The summed E-state index contributed by atoms with van der Waals surface area (Å²) < 4.78 is 12.0. The van der Waals surface area contributed by atoms with Crippen LogP contribution in [0.4, 0.5) is 0 Å². The summed E-state index contributed by atoms with van der Waals surface area (Å²) in [5, 5.41) is 8.86. The molecule has 3 rings (SSSR count). The SMILES string of the molecule is CCCCCc1cc(OC(=O)CCC(=O)O)c2c(c1)OC(C)[C@@H]1CCC(C)=C[C@@H]21. The van der Waals surface area contributed by atoms with Crippen molar-refractivity contribution in [3.63, 3.8) is 0 Å². The third-order valence-corrected chi connectivity index (χ3v) is 6.05. The van der Waals surface area contributed by atoms with Crippen molar-refractivity contribution in [3.8, 4) is 11.5 Å². The lowest BCUT2D eigenvalue weighted by Crippen LogP contribution is -2.35. The Labute approximate surface area is 173 Å². The number of hydrogen-bond donors (Lipinski definition) is 1. The minimum atomic E-state index is -1.000. The molecule has 158 valence electrons. The molecule has 1 aliphatic heterocycles. The molecule has 0 spiro atoms. The molecular weight excluding hydrogens is 368 g/mol. The number of aryl methyl sites for hydroxylation is 1. The minimum absolute atomic E-state index is 0.110. The molecule has 1 N–H and O–H groups in total. The van der Waals surface area contributed by atoms with Gasteiger partial charge in [-0.2, -0.15) is 0 Å². The molecule has 1 aromatic carbocycles. The highest BCUT2D eigenvalue weighted by Gasteiger charge is 2.39. The Bertz CT molecular complexity index is 795. The van der Waals surface area contributed by atoms with Crippen LogP contribution in [0.1, 0.15) is 82.8 Å². The fourth-order valence-corrected chi connectivity index (χ4v) is 4.47. The smallest absolute Gasteiger partial charge is 0.311 e. The van der Waals surface area contributed by atoms with Gasteiger partial charge in [0.1, 0.15) is 11.5 Å². The Balaban J connectivity index is 1.96. The molecular formula is C24H32O5. The molecule has 0 fully saturated rings. The number of carbonyl (C=O) groups is 2. The number of hydrogen-bond acceptors (Lipinski definition) is 4. The second-order valence-corrected chi connectivity index (χ2v) is 8.39. The second-order valence-electron chi connectivity index (χ2n) is 8.39. The van der Waals surface area contributed by atoms with Crippen LogP contribution in [0, 0.1) is 5.92 Å². The van der Waals surface area contributed by atoms with Gasteiger partial charge in [-0.15, -0.1) is 0 Å². The van der Waals surface area contributed by atoms with Gasteiger partial charge in [0.15, 0.2) is 0 Å². The first-order chi connectivity index (χ1) is 13.9. The lowest BCUT2D eigenvalue weighted by atomic mass is 9.72. The number of ether oxygens (including phenoxy) is 2. The van der Waals surface area contributed by atoms with Gasteiger partial charge in [0.2, 0.25) is 0 Å². The molecule has 0 bridgehead atoms. The molecule has 0 aromatic heterocycles. The van der Waals surface area contributed by atoms with Crippen molar-refractivity contribution in [1.82, 2.24) is 0 Å². The zero-order chi connectivity index (χ0) is 21.0. The van der Waals surface area contributed by atoms with Gasteiger partial charge in [0.05, 0.1) is 18.9 Å². The Hall–Kier alpha value is -2.30. The van der Waals surface area contributed by atoms with Crippen LogP contribution in [0.15, 0.2) is 23.8 Å². The highest BCUT2D eigenvalue weighted by atomic mass is 16.5. The number of benzene rings is 1. The molecule has 5 nitrogen and oxygen atoms in total. The van der Waals surface area contributed by atoms with Gasteiger partial charge in [0.25, 0.3) is 0 Å². The number of carbonyl (C=O) groups excluding carboxylic acids is 1. The van der Waals surface area contributed by atoms with Crippen molar-refractivity contribution in [2.75, 3.05) is 0 Å². The monoisotopic (exact) mass is 400 g/mol. The third-order valence-electron chi connectivity index (χ3n) is 6.05. The van der Waals surface area contributed by atoms with Gasteiger partial charge in [-0.05, 0) is 57.2 Å². The Morgan fingerprint density at radius 2 is 2.03 bits per heavy atom. The van der Waals surface area contributed by atoms with Crippen LogP contribution in [0.25, 0.3) is 0 Å². The molecule has 1 aliphatic carbocycles. The van der Waals surface area contributed by atoms with Crippen molar-refractivity contribution < 1.29 is 24.2 Å². The van der Waals surface area contributed by atoms with Crippen LogP contribution in [0.2, 0.25) is 0 Å². The fourth-order valence-electron chi connectivity index (χ4n) is 4.47. The summed E-state index contributed by atoms with van der Waals surface area (Å²) in [6, 6.07) is 4.06. The molecule has 3 atom stereocenters. The molecule has 1 unspecified atom stereocenters. The van der Waals surface area contributed by atoms with Gasteiger partial charge >= 0.3 is 11.9 Å². The van der Waals surface area contributed by atoms with E-state index in [1.165, 1.54) is 5.57 Å². The summed E-state index contributed by atoms with van der Waals surface area (Å²) >= 11 is 0. The number of unbranched alkanes of at least 4 members (excludes halogenated alkanes) is 2. The number of esters is 1. The molecule has 1 heterocycles. The van der Waals surface area contributed by atoms with Crippen LogP contribution < -0.4 is 9.47 Å². The van der Waals surface area contributed by atoms with Crippen molar-refractivity contribution in [2.45, 2.75) is 84.2 Å². The zero-order valence-electron chi connectivity index (χ0n) is 17.7. The summed E-state index contributed by atoms with van der Waals surface area (Å²) in [7, 11) is 0. The number of carboxylic acid groups (broad SMARTS) is 1. The lowest BCUT2D eigenvalue weighted by molar-refractivity contribution is -0.142. The summed E-state index contributed by atoms with van der Waals surface area (Å²) in [6.07, 6.45) is 8.42. The van der Waals surface area contributed by atoms with E-state index in [0.717, 1.165) is 55.4 Å². The first kappa shape index (κ1) is 21.4. The van der Waals surface area contributed by atoms with E-state index in [0.29, 0.717) is 11.7 Å². The predicted molar refractivity (Wildman–Crippen MR) is 111 cm³/mol. The zero-order valence-corrected chi connectivity index (χ0v) is 17.7. The normalized spacial score (nSPS) is 22.7. The summed E-state index contributed by atoms with van der Waals surface area (Å²) in [5.41, 5.74) is 3.39. The minimum Gasteiger partial charge on any atom is -0.490 e. The van der Waals surface area contributed by atoms with E-state index in [4.69, 9.17) is 14.6 Å². The van der Waals surface area contributed by atoms with E-state index < -0.39 is 11.9 Å². The number of rotatable bonds is 8. The van der Waals surface area contributed by atoms with Crippen LogP contribution >= 0.6 is 0 Å². The van der Waals surface area contributed by atoms with Crippen LogP contribution in [-0.4, -0.2) is 23.1 Å². The molecule has 5 heteroatoms. The lowest BCUT2D eigenvalue weighted by Gasteiger charge is -2.40. The van der Waals surface area contributed by atoms with Gasteiger partial charge in [-0.25, -0.2) is 0 Å². The maximum atomic E-state index is 12.3. The maximum Gasteiger partial charge on any atom is 0.311 e. The number of aliphatic carboxylic acids is 1. The molecule has 1 aromatic rings. The molecule has 29 heavy (non-hydrogen) atoms. The average Bonchev–Trinajstić information content (AvgIpc) is 2.66. The van der Waals surface area contributed by atoms with Gasteiger partial charge < -0.3 is 14.6 Å². The third kappa shape index (κ3) is 5.20. The van der Waals surface area contributed by atoms with E-state index in [2.05, 4.69) is 32.9 Å². The fraction of sp³-hybridized carbons (Fsp3) is 0.583. The maximum absolute atomic E-state index is 12.3. The summed E-state index contributed by atoms with van der Waals surface area (Å²) in [4.78, 5) is 23.1. The number of fused-ring (bicyclic) bond motifs is 3. The van der Waals surface area contributed by atoms with Gasteiger partial charge in [0, 0.05) is 17.4 Å². The number of allylic oxidation sites excluding steroid dienone is 2. The molecule has 0 saturated heterocycles. The van der Waals surface area contributed by atoms with E-state index in [9.17, 15) is 9.59 Å². The standard InChI is InChI=1S/C24H32O5/c1-4-5-6-7-17-13-20-24(21(14-17)29-23(27)11-10-22(25)26)19-12-15(2)8-9-18(19)16(3)28-20/h12-14,16,18-19H,4-11H2,1-3H3,(H,25,26)/t16?,18-,19+/m0/s1. The van der Waals surface area contributed by atoms with E-state index >= 15 is 0 Å².